The van der Waals surface area contributed by atoms with E-state index in [1.807, 2.05) is 0 Å². The van der Waals surface area contributed by atoms with Gasteiger partial charge in [-0.1, -0.05) is 19.3 Å². The van der Waals surface area contributed by atoms with Crippen LogP contribution in [0.5, 0.6) is 0 Å². The summed E-state index contributed by atoms with van der Waals surface area (Å²) < 4.78 is 0. The Balaban J connectivity index is 0. The number of alkyl halides is 1. The number of carbonyl (C=O) groups excluding carboxylic acids is 1. The molecule has 0 fully saturated rings. The number of carboxylic acid groups (broad SMARTS) is 1. The molecule has 0 bridgehead atoms. The number of rotatable bonds is 7. The first kappa shape index (κ1) is 15.9. The second-order valence-electron chi connectivity index (χ2n) is 2.58. The number of hydrogen-bond acceptors (Lipinski definition) is 2. The molecule has 0 N–H and O–H groups in total. The van der Waals surface area contributed by atoms with E-state index in [-0.39, 0.29) is 57.8 Å². The van der Waals surface area contributed by atoms with E-state index in [0.717, 1.165) is 32.1 Å². The van der Waals surface area contributed by atoms with Crippen LogP contribution in [-0.4, -0.2) is 11.8 Å². The van der Waals surface area contributed by atoms with Crippen LogP contribution in [0.1, 0.15) is 38.5 Å². The summed E-state index contributed by atoms with van der Waals surface area (Å²) in [6.07, 6.45) is 5.14. The van der Waals surface area contributed by atoms with Crippen molar-refractivity contribution in [3.8, 4) is 0 Å². The van der Waals surface area contributed by atoms with Gasteiger partial charge < -0.3 is 9.90 Å². The van der Waals surface area contributed by atoms with Crippen molar-refractivity contribution in [2.24, 2.45) is 0 Å². The molecule has 0 unspecified atom stereocenters. The SMILES string of the molecule is O=C([O-])CCCCCCCCl.[K+]. The maximum Gasteiger partial charge on any atom is 1.00 e. The number of hydrogen-bond donors (Lipinski definition) is 0. The molecule has 0 rings (SSSR count). The molecule has 0 saturated carbocycles. The second kappa shape index (κ2) is 12.4. The first-order valence-corrected chi connectivity index (χ1v) is 4.56. The summed E-state index contributed by atoms with van der Waals surface area (Å²) in [5.41, 5.74) is 0. The molecule has 0 heterocycles. The van der Waals surface area contributed by atoms with E-state index in [9.17, 15) is 9.90 Å². The average molecular weight is 217 g/mol. The Morgan fingerprint density at radius 2 is 1.58 bits per heavy atom. The van der Waals surface area contributed by atoms with Gasteiger partial charge in [0.15, 0.2) is 0 Å². The Bertz CT molecular complexity index is 109. The zero-order chi connectivity index (χ0) is 8.53. The van der Waals surface area contributed by atoms with E-state index in [1.54, 1.807) is 0 Å². The fourth-order valence-corrected chi connectivity index (χ4v) is 1.08. The Morgan fingerprint density at radius 3 is 2.08 bits per heavy atom. The summed E-state index contributed by atoms with van der Waals surface area (Å²) in [6.45, 7) is 0. The van der Waals surface area contributed by atoms with Crippen LogP contribution in [0.2, 0.25) is 0 Å². The minimum Gasteiger partial charge on any atom is -0.550 e. The van der Waals surface area contributed by atoms with E-state index in [1.165, 1.54) is 0 Å². The molecule has 0 aliphatic rings. The zero-order valence-electron chi connectivity index (χ0n) is 7.64. The summed E-state index contributed by atoms with van der Waals surface area (Å²) in [4.78, 5) is 9.96. The van der Waals surface area contributed by atoms with E-state index in [0.29, 0.717) is 5.88 Å². The normalized spacial score (nSPS) is 9.08. The van der Waals surface area contributed by atoms with Crippen LogP contribution in [0.25, 0.3) is 0 Å². The zero-order valence-corrected chi connectivity index (χ0v) is 11.5. The van der Waals surface area contributed by atoms with Gasteiger partial charge in [0.25, 0.3) is 0 Å². The molecule has 12 heavy (non-hydrogen) atoms. The largest absolute Gasteiger partial charge is 1.00 e. The van der Waals surface area contributed by atoms with E-state index in [4.69, 9.17) is 11.6 Å². The van der Waals surface area contributed by atoms with Gasteiger partial charge in [0.1, 0.15) is 0 Å². The first-order valence-electron chi connectivity index (χ1n) is 4.03. The predicted octanol–water partition coefficient (Wildman–Crippen LogP) is -1.68. The molecule has 4 heteroatoms. The monoisotopic (exact) mass is 216 g/mol. The van der Waals surface area contributed by atoms with Crippen LogP contribution in [0.15, 0.2) is 0 Å². The molecule has 0 aliphatic carbocycles. The van der Waals surface area contributed by atoms with Crippen molar-refractivity contribution in [2.75, 3.05) is 5.88 Å². The van der Waals surface area contributed by atoms with Crippen LogP contribution in [0.4, 0.5) is 0 Å². The van der Waals surface area contributed by atoms with Gasteiger partial charge >= 0.3 is 51.4 Å². The van der Waals surface area contributed by atoms with Crippen LogP contribution >= 0.6 is 11.6 Å². The molecule has 0 aromatic rings. The third kappa shape index (κ3) is 14.0. The van der Waals surface area contributed by atoms with Crippen molar-refractivity contribution in [2.45, 2.75) is 38.5 Å². The Labute approximate surface area is 121 Å². The number of aliphatic carboxylic acids is 1. The molecule has 66 valence electrons. The maximum atomic E-state index is 9.96. The summed E-state index contributed by atoms with van der Waals surface area (Å²) >= 11 is 5.46. The van der Waals surface area contributed by atoms with Gasteiger partial charge in [0, 0.05) is 11.8 Å². The molecular weight excluding hydrogens is 203 g/mol. The summed E-state index contributed by atoms with van der Waals surface area (Å²) in [5.74, 6) is -0.233. The quantitative estimate of drug-likeness (QED) is 0.290. The van der Waals surface area contributed by atoms with Gasteiger partial charge in [-0.15, -0.1) is 11.6 Å². The number of carboxylic acids is 1. The molecule has 0 aromatic carbocycles. The molecule has 0 spiro atoms. The standard InChI is InChI=1S/C8H15ClO2.K/c9-7-5-3-1-2-4-6-8(10)11;/h1-7H2,(H,10,11);/q;+1/p-1. The molecule has 0 amide bonds. The van der Waals surface area contributed by atoms with Gasteiger partial charge in [0.2, 0.25) is 0 Å². The first-order chi connectivity index (χ1) is 5.27. The minimum absolute atomic E-state index is 0. The van der Waals surface area contributed by atoms with Gasteiger partial charge in [0.05, 0.1) is 0 Å². The summed E-state index contributed by atoms with van der Waals surface area (Å²) in [5, 5.41) is 9.96. The van der Waals surface area contributed by atoms with Crippen molar-refractivity contribution in [1.29, 1.82) is 0 Å². The van der Waals surface area contributed by atoms with Crippen LogP contribution in [0.3, 0.4) is 0 Å². The van der Waals surface area contributed by atoms with Crippen molar-refractivity contribution >= 4 is 17.6 Å². The number of unbranched alkanes of at least 4 members (excludes halogenated alkanes) is 4. The van der Waals surface area contributed by atoms with Crippen LogP contribution in [0, 0.1) is 0 Å². The molecule has 0 saturated heterocycles. The minimum atomic E-state index is -0.942. The van der Waals surface area contributed by atoms with Crippen LogP contribution < -0.4 is 56.5 Å². The molecular formula is C8H14ClKO2. The van der Waals surface area contributed by atoms with E-state index < -0.39 is 5.97 Å². The maximum absolute atomic E-state index is 9.96. The van der Waals surface area contributed by atoms with Crippen LogP contribution in [-0.2, 0) is 4.79 Å². The number of halogens is 1. The predicted molar refractivity (Wildman–Crippen MR) is 43.4 cm³/mol. The topological polar surface area (TPSA) is 40.1 Å². The Kier molecular flexibility index (Phi) is 16.4. The molecule has 0 radical (unpaired) electrons. The van der Waals surface area contributed by atoms with E-state index >= 15 is 0 Å². The molecule has 0 atom stereocenters. The fraction of sp³-hybridized carbons (Fsp3) is 0.875. The van der Waals surface area contributed by atoms with Crippen molar-refractivity contribution in [3.63, 3.8) is 0 Å². The summed E-state index contributed by atoms with van der Waals surface area (Å²) in [6, 6.07) is 0. The summed E-state index contributed by atoms with van der Waals surface area (Å²) in [7, 11) is 0. The van der Waals surface area contributed by atoms with Crippen molar-refractivity contribution in [1.82, 2.24) is 0 Å². The van der Waals surface area contributed by atoms with Gasteiger partial charge in [-0.25, -0.2) is 0 Å². The smallest absolute Gasteiger partial charge is 0.550 e. The third-order valence-corrected chi connectivity index (χ3v) is 1.78. The average Bonchev–Trinajstić information content (AvgIpc) is 1.96. The fourth-order valence-electron chi connectivity index (χ4n) is 0.894. The van der Waals surface area contributed by atoms with E-state index in [2.05, 4.69) is 0 Å². The van der Waals surface area contributed by atoms with Gasteiger partial charge in [-0.2, -0.15) is 0 Å². The number of carbonyl (C=O) groups is 1. The molecule has 0 aliphatic heterocycles. The van der Waals surface area contributed by atoms with Crippen molar-refractivity contribution in [3.05, 3.63) is 0 Å². The Hall–Kier alpha value is 1.40. The second-order valence-corrected chi connectivity index (χ2v) is 2.96. The van der Waals surface area contributed by atoms with Gasteiger partial charge in [-0.3, -0.25) is 0 Å². The van der Waals surface area contributed by atoms with Crippen molar-refractivity contribution < 1.29 is 61.3 Å². The van der Waals surface area contributed by atoms with Gasteiger partial charge in [-0.05, 0) is 19.3 Å². The Morgan fingerprint density at radius 1 is 1.08 bits per heavy atom. The molecule has 2 nitrogen and oxygen atoms in total. The third-order valence-electron chi connectivity index (χ3n) is 1.51. The molecule has 0 aromatic heterocycles.